The third-order valence-corrected chi connectivity index (χ3v) is 3.82. The summed E-state index contributed by atoms with van der Waals surface area (Å²) in [4.78, 5) is 4.85. The second-order valence-electron chi connectivity index (χ2n) is 6.60. The molecule has 2 rings (SSSR count). The fraction of sp³-hybridized carbons (Fsp3) is 0.625. The van der Waals surface area contributed by atoms with E-state index in [9.17, 15) is 0 Å². The first-order valence-corrected chi connectivity index (χ1v) is 7.11. The normalized spacial score (nSPS) is 22.8. The molecule has 0 aliphatic carbocycles. The molecule has 1 atom stereocenters. The van der Waals surface area contributed by atoms with Crippen molar-refractivity contribution in [2.45, 2.75) is 32.4 Å². The number of anilines is 1. The molecular formula is C16H27N3. The molecule has 0 radical (unpaired) electrons. The average molecular weight is 261 g/mol. The van der Waals surface area contributed by atoms with E-state index >= 15 is 0 Å². The van der Waals surface area contributed by atoms with Crippen LogP contribution in [0.3, 0.4) is 0 Å². The van der Waals surface area contributed by atoms with Crippen LogP contribution in [0, 0.1) is 6.92 Å². The van der Waals surface area contributed by atoms with E-state index in [0.717, 1.165) is 19.6 Å². The van der Waals surface area contributed by atoms with Crippen molar-refractivity contribution in [3.8, 4) is 0 Å². The summed E-state index contributed by atoms with van der Waals surface area (Å²) in [5, 5.41) is 3.66. The summed E-state index contributed by atoms with van der Waals surface area (Å²) in [6.07, 6.45) is 0. The highest BCUT2D eigenvalue weighted by atomic mass is 15.3. The molecule has 0 saturated carbocycles. The highest BCUT2D eigenvalue weighted by Crippen LogP contribution is 2.26. The summed E-state index contributed by atoms with van der Waals surface area (Å²) in [5.41, 5.74) is 2.92. The molecule has 1 fully saturated rings. The van der Waals surface area contributed by atoms with E-state index in [1.165, 1.54) is 11.3 Å². The molecular weight excluding hydrogens is 234 g/mol. The molecule has 19 heavy (non-hydrogen) atoms. The van der Waals surface area contributed by atoms with Gasteiger partial charge in [0.05, 0.1) is 6.04 Å². The predicted molar refractivity (Wildman–Crippen MR) is 82.9 cm³/mol. The summed E-state index contributed by atoms with van der Waals surface area (Å²) in [5.74, 6) is 0. The SMILES string of the molecule is Cc1ccccc1N1CC(C)(C)NCC1CN(C)C. The van der Waals surface area contributed by atoms with Gasteiger partial charge in [-0.3, -0.25) is 0 Å². The first kappa shape index (κ1) is 14.4. The van der Waals surface area contributed by atoms with Crippen LogP contribution in [0.1, 0.15) is 19.4 Å². The first-order valence-electron chi connectivity index (χ1n) is 7.11. The van der Waals surface area contributed by atoms with Gasteiger partial charge in [-0.05, 0) is 46.5 Å². The number of likely N-dealkylation sites (N-methyl/N-ethyl adjacent to an activating group) is 1. The molecule has 1 unspecified atom stereocenters. The van der Waals surface area contributed by atoms with Crippen LogP contribution in [0.5, 0.6) is 0 Å². The Morgan fingerprint density at radius 2 is 2.00 bits per heavy atom. The maximum absolute atomic E-state index is 3.66. The van der Waals surface area contributed by atoms with Gasteiger partial charge in [0.1, 0.15) is 0 Å². The second kappa shape index (κ2) is 5.51. The minimum Gasteiger partial charge on any atom is -0.364 e. The van der Waals surface area contributed by atoms with Crippen LogP contribution in [-0.4, -0.2) is 50.2 Å². The Kier molecular flexibility index (Phi) is 4.16. The van der Waals surface area contributed by atoms with E-state index in [-0.39, 0.29) is 5.54 Å². The zero-order valence-electron chi connectivity index (χ0n) is 12.9. The fourth-order valence-corrected chi connectivity index (χ4v) is 2.87. The van der Waals surface area contributed by atoms with Gasteiger partial charge in [0, 0.05) is 30.9 Å². The minimum atomic E-state index is 0.172. The van der Waals surface area contributed by atoms with E-state index in [1.807, 2.05) is 0 Å². The summed E-state index contributed by atoms with van der Waals surface area (Å²) in [6, 6.07) is 9.25. The van der Waals surface area contributed by atoms with Gasteiger partial charge in [0.2, 0.25) is 0 Å². The lowest BCUT2D eigenvalue weighted by Gasteiger charge is -2.47. The number of rotatable bonds is 3. The van der Waals surface area contributed by atoms with Gasteiger partial charge in [-0.2, -0.15) is 0 Å². The molecule has 0 bridgehead atoms. The molecule has 0 aromatic heterocycles. The summed E-state index contributed by atoms with van der Waals surface area (Å²) in [7, 11) is 4.30. The number of nitrogens with zero attached hydrogens (tertiary/aromatic N) is 2. The largest absolute Gasteiger partial charge is 0.364 e. The van der Waals surface area contributed by atoms with E-state index in [0.29, 0.717) is 6.04 Å². The predicted octanol–water partition coefficient (Wildman–Crippen LogP) is 2.11. The van der Waals surface area contributed by atoms with Crippen molar-refractivity contribution in [3.63, 3.8) is 0 Å². The maximum atomic E-state index is 3.66. The number of aryl methyl sites for hydroxylation is 1. The standard InChI is InChI=1S/C16H27N3/c1-13-8-6-7-9-15(13)19-12-16(2,3)17-10-14(19)11-18(4)5/h6-9,14,17H,10-12H2,1-5H3. The molecule has 1 aromatic carbocycles. The first-order chi connectivity index (χ1) is 8.89. The topological polar surface area (TPSA) is 18.5 Å². The van der Waals surface area contributed by atoms with Crippen LogP contribution in [0.4, 0.5) is 5.69 Å². The zero-order chi connectivity index (χ0) is 14.0. The number of para-hydroxylation sites is 1. The lowest BCUT2D eigenvalue weighted by molar-refractivity contribution is 0.268. The van der Waals surface area contributed by atoms with Gasteiger partial charge in [-0.1, -0.05) is 18.2 Å². The van der Waals surface area contributed by atoms with Crippen LogP contribution in [0.15, 0.2) is 24.3 Å². The number of benzene rings is 1. The Morgan fingerprint density at radius 1 is 1.32 bits per heavy atom. The summed E-state index contributed by atoms with van der Waals surface area (Å²) >= 11 is 0. The molecule has 0 amide bonds. The fourth-order valence-electron chi connectivity index (χ4n) is 2.87. The second-order valence-corrected chi connectivity index (χ2v) is 6.60. The molecule has 1 saturated heterocycles. The Balaban J connectivity index is 2.27. The Bertz CT molecular complexity index is 426. The highest BCUT2D eigenvalue weighted by Gasteiger charge is 2.33. The average Bonchev–Trinajstić information content (AvgIpc) is 2.31. The van der Waals surface area contributed by atoms with E-state index < -0.39 is 0 Å². The van der Waals surface area contributed by atoms with Crippen molar-refractivity contribution >= 4 is 5.69 Å². The molecule has 3 nitrogen and oxygen atoms in total. The number of piperazine rings is 1. The minimum absolute atomic E-state index is 0.172. The molecule has 1 aliphatic rings. The van der Waals surface area contributed by atoms with E-state index in [2.05, 4.69) is 74.2 Å². The number of hydrogen-bond donors (Lipinski definition) is 1. The van der Waals surface area contributed by atoms with Gasteiger partial charge in [0.15, 0.2) is 0 Å². The molecule has 1 N–H and O–H groups in total. The quantitative estimate of drug-likeness (QED) is 0.899. The van der Waals surface area contributed by atoms with Gasteiger partial charge < -0.3 is 15.1 Å². The van der Waals surface area contributed by atoms with Crippen LogP contribution in [0.2, 0.25) is 0 Å². The van der Waals surface area contributed by atoms with E-state index in [1.54, 1.807) is 0 Å². The zero-order valence-corrected chi connectivity index (χ0v) is 12.9. The van der Waals surface area contributed by atoms with Crippen LogP contribution < -0.4 is 10.2 Å². The van der Waals surface area contributed by atoms with E-state index in [4.69, 9.17) is 0 Å². The highest BCUT2D eigenvalue weighted by molar-refractivity contribution is 5.54. The monoisotopic (exact) mass is 261 g/mol. The Hall–Kier alpha value is -1.06. The molecule has 106 valence electrons. The Labute approximate surface area is 117 Å². The number of nitrogens with one attached hydrogen (secondary N) is 1. The number of hydrogen-bond acceptors (Lipinski definition) is 3. The third-order valence-electron chi connectivity index (χ3n) is 3.82. The van der Waals surface area contributed by atoms with Crippen LogP contribution in [0.25, 0.3) is 0 Å². The van der Waals surface area contributed by atoms with Gasteiger partial charge in [0.25, 0.3) is 0 Å². The summed E-state index contributed by atoms with van der Waals surface area (Å²) in [6.45, 7) is 9.94. The Morgan fingerprint density at radius 3 is 2.63 bits per heavy atom. The molecule has 1 heterocycles. The van der Waals surface area contributed by atoms with Crippen LogP contribution in [-0.2, 0) is 0 Å². The lowest BCUT2D eigenvalue weighted by atomic mass is 9.97. The summed E-state index contributed by atoms with van der Waals surface area (Å²) < 4.78 is 0. The van der Waals surface area contributed by atoms with Crippen molar-refractivity contribution < 1.29 is 0 Å². The third kappa shape index (κ3) is 3.48. The molecule has 1 aromatic rings. The lowest BCUT2D eigenvalue weighted by Crippen LogP contribution is -2.64. The van der Waals surface area contributed by atoms with Gasteiger partial charge in [-0.15, -0.1) is 0 Å². The van der Waals surface area contributed by atoms with Gasteiger partial charge in [-0.25, -0.2) is 0 Å². The van der Waals surface area contributed by atoms with Crippen LogP contribution >= 0.6 is 0 Å². The maximum Gasteiger partial charge on any atom is 0.0542 e. The molecule has 1 aliphatic heterocycles. The van der Waals surface area contributed by atoms with Gasteiger partial charge >= 0.3 is 0 Å². The molecule has 0 spiro atoms. The van der Waals surface area contributed by atoms with Crippen molar-refractivity contribution in [1.29, 1.82) is 0 Å². The van der Waals surface area contributed by atoms with Crippen molar-refractivity contribution in [3.05, 3.63) is 29.8 Å². The smallest absolute Gasteiger partial charge is 0.0542 e. The molecule has 3 heteroatoms. The van der Waals surface area contributed by atoms with Crippen molar-refractivity contribution in [2.24, 2.45) is 0 Å². The van der Waals surface area contributed by atoms with Crippen molar-refractivity contribution in [1.82, 2.24) is 10.2 Å². The van der Waals surface area contributed by atoms with Crippen molar-refractivity contribution in [2.75, 3.05) is 38.6 Å².